The van der Waals surface area contributed by atoms with Crippen LogP contribution in [0, 0.1) is 0 Å². The topological polar surface area (TPSA) is 69.2 Å². The Kier molecular flexibility index (Phi) is 2.90. The van der Waals surface area contributed by atoms with Crippen molar-refractivity contribution < 1.29 is 5.11 Å². The molecule has 2 aromatic rings. The molecule has 0 radical (unpaired) electrons. The van der Waals surface area contributed by atoms with E-state index >= 15 is 0 Å². The van der Waals surface area contributed by atoms with Crippen molar-refractivity contribution in [2.75, 3.05) is 20.1 Å². The molecule has 0 saturated heterocycles. The average Bonchev–Trinajstić information content (AvgIpc) is 2.85. The van der Waals surface area contributed by atoms with Crippen molar-refractivity contribution in [3.63, 3.8) is 0 Å². The molecule has 2 aliphatic rings. The first-order valence-electron chi connectivity index (χ1n) is 7.44. The number of nitrogens with zero attached hydrogens (tertiary/aromatic N) is 2. The van der Waals surface area contributed by atoms with Gasteiger partial charge in [-0.15, -0.1) is 0 Å². The van der Waals surface area contributed by atoms with Crippen LogP contribution >= 0.6 is 0 Å². The van der Waals surface area contributed by atoms with Crippen molar-refractivity contribution in [3.8, 4) is 17.1 Å². The molecule has 2 heterocycles. The minimum Gasteiger partial charge on any atom is -0.508 e. The standard InChI is InChI=1S/C17H17N3O2/c1-20-7-6-13-11(9-20)8-14-15(13)17(22)19-16(18-14)10-2-4-12(21)5-3-10/h2-5,21H,6-9H2,1H3,(H,18,19,22). The predicted octanol–water partition coefficient (Wildman–Crippen LogP) is 1.79. The normalized spacial score (nSPS) is 17.5. The second-order valence-corrected chi connectivity index (χ2v) is 6.03. The number of aromatic hydroxyl groups is 1. The highest BCUT2D eigenvalue weighted by atomic mass is 16.3. The van der Waals surface area contributed by atoms with Gasteiger partial charge in [0.1, 0.15) is 11.6 Å². The maximum absolute atomic E-state index is 12.5. The van der Waals surface area contributed by atoms with E-state index in [0.717, 1.165) is 42.8 Å². The molecule has 5 nitrogen and oxygen atoms in total. The van der Waals surface area contributed by atoms with Gasteiger partial charge in [-0.25, -0.2) is 4.98 Å². The zero-order valence-corrected chi connectivity index (χ0v) is 12.4. The summed E-state index contributed by atoms with van der Waals surface area (Å²) < 4.78 is 0. The van der Waals surface area contributed by atoms with E-state index in [9.17, 15) is 9.90 Å². The number of rotatable bonds is 1. The number of phenols is 1. The summed E-state index contributed by atoms with van der Waals surface area (Å²) in [4.78, 5) is 22.4. The zero-order chi connectivity index (χ0) is 15.3. The average molecular weight is 295 g/mol. The van der Waals surface area contributed by atoms with Crippen LogP contribution in [0.4, 0.5) is 0 Å². The molecule has 0 fully saturated rings. The highest BCUT2D eigenvalue weighted by Crippen LogP contribution is 2.35. The molecule has 0 unspecified atom stereocenters. The number of hydrogen-bond donors (Lipinski definition) is 2. The van der Waals surface area contributed by atoms with Crippen LogP contribution in [0.15, 0.2) is 34.6 Å². The summed E-state index contributed by atoms with van der Waals surface area (Å²) in [6, 6.07) is 6.72. The first kappa shape index (κ1) is 13.3. The number of nitrogens with one attached hydrogen (secondary N) is 1. The Hall–Kier alpha value is -2.40. The first-order chi connectivity index (χ1) is 10.6. The zero-order valence-electron chi connectivity index (χ0n) is 12.4. The van der Waals surface area contributed by atoms with Gasteiger partial charge in [0.2, 0.25) is 0 Å². The summed E-state index contributed by atoms with van der Waals surface area (Å²) in [6.07, 6.45) is 1.69. The molecule has 0 bridgehead atoms. The lowest BCUT2D eigenvalue weighted by Gasteiger charge is -2.23. The fourth-order valence-corrected chi connectivity index (χ4v) is 3.36. The van der Waals surface area contributed by atoms with Crippen LogP contribution in [-0.4, -0.2) is 40.1 Å². The van der Waals surface area contributed by atoms with Gasteiger partial charge in [-0.1, -0.05) is 0 Å². The molecule has 2 N–H and O–H groups in total. The van der Waals surface area contributed by atoms with Gasteiger partial charge in [0, 0.05) is 25.1 Å². The van der Waals surface area contributed by atoms with Gasteiger partial charge in [0.15, 0.2) is 0 Å². The Morgan fingerprint density at radius 2 is 2.05 bits per heavy atom. The number of hydrogen-bond acceptors (Lipinski definition) is 4. The van der Waals surface area contributed by atoms with Gasteiger partial charge in [-0.05, 0) is 48.9 Å². The molecule has 5 heteroatoms. The third-order valence-corrected chi connectivity index (χ3v) is 4.45. The lowest BCUT2D eigenvalue weighted by atomic mass is 10.0. The highest BCUT2D eigenvalue weighted by Gasteiger charge is 2.29. The Morgan fingerprint density at radius 3 is 2.82 bits per heavy atom. The van der Waals surface area contributed by atoms with Crippen LogP contribution < -0.4 is 5.56 Å². The van der Waals surface area contributed by atoms with Gasteiger partial charge in [0.25, 0.3) is 5.56 Å². The van der Waals surface area contributed by atoms with E-state index < -0.39 is 0 Å². The SMILES string of the molecule is CN1CCC2=C(Cc3nc(-c4ccc(O)cc4)[nH]c(=O)c32)C1. The molecule has 112 valence electrons. The van der Waals surface area contributed by atoms with E-state index in [4.69, 9.17) is 0 Å². The number of phenolic OH excluding ortho intramolecular Hbond substituents is 1. The van der Waals surface area contributed by atoms with Gasteiger partial charge < -0.3 is 15.0 Å². The van der Waals surface area contributed by atoms with Gasteiger partial charge in [0.05, 0.1) is 11.3 Å². The largest absolute Gasteiger partial charge is 0.508 e. The maximum atomic E-state index is 12.5. The van der Waals surface area contributed by atoms with Crippen LogP contribution in [0.5, 0.6) is 5.75 Å². The Morgan fingerprint density at radius 1 is 1.27 bits per heavy atom. The van der Waals surface area contributed by atoms with Crippen LogP contribution in [0.1, 0.15) is 17.7 Å². The molecule has 0 spiro atoms. The van der Waals surface area contributed by atoms with E-state index in [1.54, 1.807) is 24.3 Å². The van der Waals surface area contributed by atoms with Gasteiger partial charge in [-0.3, -0.25) is 4.79 Å². The van der Waals surface area contributed by atoms with Gasteiger partial charge in [-0.2, -0.15) is 0 Å². The maximum Gasteiger partial charge on any atom is 0.258 e. The lowest BCUT2D eigenvalue weighted by Crippen LogP contribution is -2.27. The molecule has 4 rings (SSSR count). The van der Waals surface area contributed by atoms with Gasteiger partial charge >= 0.3 is 0 Å². The summed E-state index contributed by atoms with van der Waals surface area (Å²) in [6.45, 7) is 1.90. The number of likely N-dealkylation sites (N-methyl/N-ethyl adjacent to an activating group) is 1. The summed E-state index contributed by atoms with van der Waals surface area (Å²) in [5, 5.41) is 9.37. The third-order valence-electron chi connectivity index (χ3n) is 4.45. The van der Waals surface area contributed by atoms with Crippen molar-refractivity contribution >= 4 is 5.57 Å². The predicted molar refractivity (Wildman–Crippen MR) is 84.7 cm³/mol. The fourth-order valence-electron chi connectivity index (χ4n) is 3.36. The summed E-state index contributed by atoms with van der Waals surface area (Å²) >= 11 is 0. The highest BCUT2D eigenvalue weighted by molar-refractivity contribution is 5.76. The van der Waals surface area contributed by atoms with Crippen molar-refractivity contribution in [3.05, 3.63) is 51.4 Å². The molecule has 1 aromatic heterocycles. The summed E-state index contributed by atoms with van der Waals surface area (Å²) in [5.41, 5.74) is 4.93. The van der Waals surface area contributed by atoms with Crippen LogP contribution in [0.3, 0.4) is 0 Å². The van der Waals surface area contributed by atoms with E-state index in [1.807, 2.05) is 0 Å². The molecule has 1 aromatic carbocycles. The second kappa shape index (κ2) is 4.81. The Bertz CT molecular complexity index is 834. The number of benzene rings is 1. The molecule has 0 amide bonds. The van der Waals surface area contributed by atoms with Crippen molar-refractivity contribution in [1.29, 1.82) is 0 Å². The lowest BCUT2D eigenvalue weighted by molar-refractivity contribution is 0.358. The van der Waals surface area contributed by atoms with Crippen LogP contribution in [0.25, 0.3) is 17.0 Å². The number of H-pyrrole nitrogens is 1. The number of fused-ring (bicyclic) bond motifs is 2. The molecular weight excluding hydrogens is 278 g/mol. The van der Waals surface area contributed by atoms with Crippen LogP contribution in [-0.2, 0) is 6.42 Å². The van der Waals surface area contributed by atoms with Crippen molar-refractivity contribution in [2.45, 2.75) is 12.8 Å². The Labute approximate surface area is 127 Å². The summed E-state index contributed by atoms with van der Waals surface area (Å²) in [5.74, 6) is 0.768. The third kappa shape index (κ3) is 2.05. The second-order valence-electron chi connectivity index (χ2n) is 6.03. The Balaban J connectivity index is 1.79. The molecular formula is C17H17N3O2. The molecule has 0 saturated carbocycles. The number of aromatic nitrogens is 2. The van der Waals surface area contributed by atoms with E-state index in [-0.39, 0.29) is 11.3 Å². The quantitative estimate of drug-likeness (QED) is 0.841. The number of aromatic amines is 1. The van der Waals surface area contributed by atoms with Crippen LogP contribution in [0.2, 0.25) is 0 Å². The molecule has 22 heavy (non-hydrogen) atoms. The fraction of sp³-hybridized carbons (Fsp3) is 0.294. The first-order valence-corrected chi connectivity index (χ1v) is 7.44. The molecule has 0 atom stereocenters. The monoisotopic (exact) mass is 295 g/mol. The summed E-state index contributed by atoms with van der Waals surface area (Å²) in [7, 11) is 2.10. The van der Waals surface area contributed by atoms with E-state index in [2.05, 4.69) is 21.9 Å². The molecule has 1 aliphatic carbocycles. The van der Waals surface area contributed by atoms with Crippen molar-refractivity contribution in [1.82, 2.24) is 14.9 Å². The van der Waals surface area contributed by atoms with Crippen molar-refractivity contribution in [2.24, 2.45) is 0 Å². The molecule has 1 aliphatic heterocycles. The smallest absolute Gasteiger partial charge is 0.258 e. The van der Waals surface area contributed by atoms with E-state index in [1.165, 1.54) is 11.1 Å². The van der Waals surface area contributed by atoms with E-state index in [0.29, 0.717) is 5.82 Å². The minimum atomic E-state index is -0.0531. The minimum absolute atomic E-state index is 0.0531.